The van der Waals surface area contributed by atoms with E-state index in [0.29, 0.717) is 19.0 Å². The van der Waals surface area contributed by atoms with Crippen LogP contribution in [-0.2, 0) is 23.2 Å². The van der Waals surface area contributed by atoms with Gasteiger partial charge in [0.1, 0.15) is 17.2 Å². The Kier molecular flexibility index (Phi) is 3.87. The molecule has 1 unspecified atom stereocenters. The smallest absolute Gasteiger partial charge is 0.234 e. The first kappa shape index (κ1) is 17.8. The van der Waals surface area contributed by atoms with Crippen LogP contribution in [0.4, 0.5) is 0 Å². The van der Waals surface area contributed by atoms with Gasteiger partial charge in [-0.2, -0.15) is 0 Å². The largest absolute Gasteiger partial charge is 0.497 e. The van der Waals surface area contributed by atoms with E-state index >= 15 is 0 Å². The maximum absolute atomic E-state index is 13.7. The summed E-state index contributed by atoms with van der Waals surface area (Å²) in [6.07, 6.45) is 5.26. The third-order valence-electron chi connectivity index (χ3n) is 7.17. The predicted octanol–water partition coefficient (Wildman–Crippen LogP) is 4.20. The molecule has 1 amide bonds. The van der Waals surface area contributed by atoms with Crippen molar-refractivity contribution in [2.24, 2.45) is 5.41 Å². The lowest BCUT2D eigenvalue weighted by atomic mass is 9.85. The molecule has 0 spiro atoms. The summed E-state index contributed by atoms with van der Waals surface area (Å²) in [5.74, 6) is 3.41. The van der Waals surface area contributed by atoms with Gasteiger partial charge < -0.3 is 14.1 Å². The SMILES string of the molecule is COc1ccc(C2(C(=O)N3CCc4oc(C5CCC5)nc4C3)CC2(C)C)cc1. The van der Waals surface area contributed by atoms with Gasteiger partial charge in [0.05, 0.1) is 19.1 Å². The Bertz CT molecular complexity index is 910. The molecule has 5 heteroatoms. The van der Waals surface area contributed by atoms with Gasteiger partial charge in [-0.25, -0.2) is 4.98 Å². The first-order chi connectivity index (χ1) is 13.4. The van der Waals surface area contributed by atoms with Crippen molar-refractivity contribution >= 4 is 5.91 Å². The molecule has 1 aliphatic heterocycles. The zero-order chi connectivity index (χ0) is 19.5. The van der Waals surface area contributed by atoms with Crippen molar-refractivity contribution in [1.29, 1.82) is 0 Å². The minimum absolute atomic E-state index is 0.0418. The van der Waals surface area contributed by atoms with E-state index in [1.165, 1.54) is 19.3 Å². The molecule has 0 bridgehead atoms. The van der Waals surface area contributed by atoms with E-state index in [0.717, 1.165) is 41.5 Å². The van der Waals surface area contributed by atoms with Crippen molar-refractivity contribution < 1.29 is 13.9 Å². The molecular formula is C23H28N2O3. The van der Waals surface area contributed by atoms with Crippen molar-refractivity contribution in [2.75, 3.05) is 13.7 Å². The van der Waals surface area contributed by atoms with Crippen molar-refractivity contribution in [3.63, 3.8) is 0 Å². The summed E-state index contributed by atoms with van der Waals surface area (Å²) < 4.78 is 11.3. The standard InChI is InChI=1S/C23H28N2O3/c1-22(2)14-23(22,16-7-9-17(27-3)10-8-16)21(26)25-12-11-19-18(13-25)24-20(28-19)15-5-4-6-15/h7-10,15H,4-6,11-14H2,1-3H3. The number of oxazole rings is 1. The predicted molar refractivity (Wildman–Crippen MR) is 105 cm³/mol. The van der Waals surface area contributed by atoms with Crippen LogP contribution in [0, 0.1) is 5.41 Å². The highest BCUT2D eigenvalue weighted by Gasteiger charge is 2.68. The molecule has 5 nitrogen and oxygen atoms in total. The summed E-state index contributed by atoms with van der Waals surface area (Å²) in [7, 11) is 1.66. The lowest BCUT2D eigenvalue weighted by Crippen LogP contribution is -2.44. The molecule has 1 aromatic heterocycles. The number of fused-ring (bicyclic) bond motifs is 1. The second-order valence-electron chi connectivity index (χ2n) is 9.22. The third kappa shape index (κ3) is 2.51. The van der Waals surface area contributed by atoms with Crippen LogP contribution < -0.4 is 4.74 Å². The molecule has 1 atom stereocenters. The fraction of sp³-hybridized carbons (Fsp3) is 0.565. The van der Waals surface area contributed by atoms with Gasteiger partial charge in [-0.15, -0.1) is 0 Å². The van der Waals surface area contributed by atoms with Gasteiger partial charge in [-0.05, 0) is 42.4 Å². The molecule has 0 N–H and O–H groups in total. The Morgan fingerprint density at radius 1 is 1.25 bits per heavy atom. The van der Waals surface area contributed by atoms with Crippen molar-refractivity contribution in [3.8, 4) is 5.75 Å². The van der Waals surface area contributed by atoms with E-state index in [-0.39, 0.29) is 11.3 Å². The number of carbonyl (C=O) groups is 1. The Morgan fingerprint density at radius 2 is 1.96 bits per heavy atom. The minimum Gasteiger partial charge on any atom is -0.497 e. The van der Waals surface area contributed by atoms with E-state index in [2.05, 4.69) is 13.8 Å². The maximum Gasteiger partial charge on any atom is 0.234 e. The lowest BCUT2D eigenvalue weighted by molar-refractivity contribution is -0.136. The van der Waals surface area contributed by atoms with Gasteiger partial charge in [0.25, 0.3) is 0 Å². The highest BCUT2D eigenvalue weighted by Crippen LogP contribution is 2.65. The molecule has 2 saturated carbocycles. The van der Waals surface area contributed by atoms with Crippen LogP contribution in [0.2, 0.25) is 0 Å². The Hall–Kier alpha value is -2.30. The number of carbonyl (C=O) groups excluding carboxylic acids is 1. The highest BCUT2D eigenvalue weighted by molar-refractivity contribution is 5.93. The maximum atomic E-state index is 13.7. The van der Waals surface area contributed by atoms with Crippen molar-refractivity contribution in [1.82, 2.24) is 9.88 Å². The molecule has 3 aliphatic rings. The van der Waals surface area contributed by atoms with Crippen LogP contribution in [0.1, 0.15) is 68.4 Å². The van der Waals surface area contributed by atoms with E-state index in [1.807, 2.05) is 29.2 Å². The van der Waals surface area contributed by atoms with Crippen molar-refractivity contribution in [3.05, 3.63) is 47.2 Å². The zero-order valence-corrected chi connectivity index (χ0v) is 17.0. The summed E-state index contributed by atoms with van der Waals surface area (Å²) in [6, 6.07) is 8.00. The molecule has 148 valence electrons. The van der Waals surface area contributed by atoms with Gasteiger partial charge in [-0.1, -0.05) is 32.4 Å². The molecule has 5 rings (SSSR count). The molecule has 2 aromatic rings. The van der Waals surface area contributed by atoms with Crippen LogP contribution in [0.25, 0.3) is 0 Å². The molecular weight excluding hydrogens is 352 g/mol. The molecule has 0 saturated heterocycles. The summed E-state index contributed by atoms with van der Waals surface area (Å²) in [4.78, 5) is 20.5. The van der Waals surface area contributed by atoms with Gasteiger partial charge in [-0.3, -0.25) is 4.79 Å². The zero-order valence-electron chi connectivity index (χ0n) is 17.0. The second kappa shape index (κ2) is 6.10. The van der Waals surface area contributed by atoms with E-state index < -0.39 is 5.41 Å². The average molecular weight is 380 g/mol. The van der Waals surface area contributed by atoms with Crippen LogP contribution in [0.3, 0.4) is 0 Å². The topological polar surface area (TPSA) is 55.6 Å². The molecule has 2 heterocycles. The monoisotopic (exact) mass is 380 g/mol. The second-order valence-corrected chi connectivity index (χ2v) is 9.22. The molecule has 0 radical (unpaired) electrons. The summed E-state index contributed by atoms with van der Waals surface area (Å²) in [5, 5.41) is 0. The van der Waals surface area contributed by atoms with E-state index in [4.69, 9.17) is 14.1 Å². The molecule has 2 fully saturated rings. The van der Waals surface area contributed by atoms with Crippen molar-refractivity contribution in [2.45, 2.75) is 63.8 Å². The average Bonchev–Trinajstić information content (AvgIpc) is 3.03. The minimum atomic E-state index is -0.447. The molecule has 2 aliphatic carbocycles. The first-order valence-corrected chi connectivity index (χ1v) is 10.4. The number of amides is 1. The quantitative estimate of drug-likeness (QED) is 0.798. The Labute approximate surface area is 166 Å². The van der Waals surface area contributed by atoms with Gasteiger partial charge >= 0.3 is 0 Å². The fourth-order valence-electron chi connectivity index (χ4n) is 4.97. The number of hydrogen-bond donors (Lipinski definition) is 0. The number of methoxy groups -OCH3 is 1. The first-order valence-electron chi connectivity index (χ1n) is 10.4. The Morgan fingerprint density at radius 3 is 2.54 bits per heavy atom. The number of benzene rings is 1. The Balaban J connectivity index is 1.40. The molecule has 1 aromatic carbocycles. The van der Waals surface area contributed by atoms with Crippen LogP contribution in [0.15, 0.2) is 28.7 Å². The number of hydrogen-bond acceptors (Lipinski definition) is 4. The molecule has 28 heavy (non-hydrogen) atoms. The normalized spacial score (nSPS) is 25.8. The van der Waals surface area contributed by atoms with Gasteiger partial charge in [0, 0.05) is 18.9 Å². The fourth-order valence-corrected chi connectivity index (χ4v) is 4.97. The number of rotatable bonds is 4. The van der Waals surface area contributed by atoms with Crippen LogP contribution in [0.5, 0.6) is 5.75 Å². The summed E-state index contributed by atoms with van der Waals surface area (Å²) in [6.45, 7) is 5.65. The number of nitrogens with zero attached hydrogens (tertiary/aromatic N) is 2. The van der Waals surface area contributed by atoms with Crippen LogP contribution >= 0.6 is 0 Å². The number of ether oxygens (including phenoxy) is 1. The summed E-state index contributed by atoms with van der Waals surface area (Å²) in [5.41, 5.74) is 1.56. The van der Waals surface area contributed by atoms with E-state index in [9.17, 15) is 4.79 Å². The van der Waals surface area contributed by atoms with Gasteiger partial charge in [0.15, 0.2) is 5.89 Å². The van der Waals surface area contributed by atoms with E-state index in [1.54, 1.807) is 7.11 Å². The summed E-state index contributed by atoms with van der Waals surface area (Å²) >= 11 is 0. The lowest BCUT2D eigenvalue weighted by Gasteiger charge is -2.31. The van der Waals surface area contributed by atoms with Gasteiger partial charge in [0.2, 0.25) is 5.91 Å². The third-order valence-corrected chi connectivity index (χ3v) is 7.17. The van der Waals surface area contributed by atoms with Crippen LogP contribution in [-0.4, -0.2) is 29.4 Å². The highest BCUT2D eigenvalue weighted by atomic mass is 16.5. The number of aromatic nitrogens is 1.